The van der Waals surface area contributed by atoms with Crippen LogP contribution in [0.15, 0.2) is 53.5 Å². The third kappa shape index (κ3) is 3.71. The number of amides is 1. The van der Waals surface area contributed by atoms with Crippen molar-refractivity contribution in [1.29, 1.82) is 0 Å². The van der Waals surface area contributed by atoms with E-state index in [2.05, 4.69) is 6.92 Å². The first kappa shape index (κ1) is 17.5. The lowest BCUT2D eigenvalue weighted by molar-refractivity contribution is 0.0828. The number of aryl methyl sites for hydroxylation is 1. The van der Waals surface area contributed by atoms with Crippen LogP contribution < -0.4 is 4.74 Å². The Bertz CT molecular complexity index is 804. The first-order chi connectivity index (χ1) is 12.1. The van der Waals surface area contributed by atoms with Gasteiger partial charge in [0.25, 0.3) is 5.91 Å². The smallest absolute Gasteiger partial charge is 0.260 e. The van der Waals surface area contributed by atoms with Crippen molar-refractivity contribution in [3.05, 3.63) is 59.7 Å². The van der Waals surface area contributed by atoms with E-state index in [9.17, 15) is 4.79 Å². The van der Waals surface area contributed by atoms with Gasteiger partial charge in [-0.3, -0.25) is 9.69 Å². The summed E-state index contributed by atoms with van der Waals surface area (Å²) in [5.41, 5.74) is 2.46. The summed E-state index contributed by atoms with van der Waals surface area (Å²) < 4.78 is 5.65. The van der Waals surface area contributed by atoms with Crippen LogP contribution in [0.5, 0.6) is 5.75 Å². The number of ether oxygens (including phenoxy) is 1. The van der Waals surface area contributed by atoms with Crippen molar-refractivity contribution in [3.8, 4) is 5.75 Å². The molecule has 0 saturated carbocycles. The molecule has 2 aromatic carbocycles. The van der Waals surface area contributed by atoms with E-state index in [0.29, 0.717) is 6.61 Å². The Morgan fingerprint density at radius 1 is 1.24 bits per heavy atom. The van der Waals surface area contributed by atoms with Gasteiger partial charge in [-0.1, -0.05) is 42.1 Å². The van der Waals surface area contributed by atoms with Gasteiger partial charge in [-0.15, -0.1) is 0 Å². The molecule has 1 unspecified atom stereocenters. The van der Waals surface area contributed by atoms with Gasteiger partial charge in [0.1, 0.15) is 11.4 Å². The number of para-hydroxylation sites is 2. The minimum atomic E-state index is 0.00300. The summed E-state index contributed by atoms with van der Waals surface area (Å²) in [4.78, 5) is 19.6. The molecule has 1 heterocycles. The zero-order chi connectivity index (χ0) is 17.8. The van der Waals surface area contributed by atoms with Crippen LogP contribution in [-0.2, 0) is 0 Å². The number of aliphatic imine (C=N–C) groups is 1. The Hall–Kier alpha value is -2.27. The van der Waals surface area contributed by atoms with Crippen LogP contribution in [0.1, 0.15) is 29.8 Å². The maximum absolute atomic E-state index is 13.1. The molecule has 1 aliphatic rings. The van der Waals surface area contributed by atoms with Gasteiger partial charge in [0, 0.05) is 17.4 Å². The second-order valence-corrected chi connectivity index (χ2v) is 6.93. The van der Waals surface area contributed by atoms with Crippen molar-refractivity contribution < 1.29 is 9.53 Å². The van der Waals surface area contributed by atoms with E-state index < -0.39 is 0 Å². The van der Waals surface area contributed by atoms with Gasteiger partial charge in [-0.05, 0) is 44.5 Å². The molecule has 1 amide bonds. The molecule has 3 rings (SSSR count). The number of nitrogens with zero attached hydrogens (tertiary/aromatic N) is 2. The van der Waals surface area contributed by atoms with Crippen LogP contribution in [0.25, 0.3) is 0 Å². The molecular formula is C20H22N2O2S. The lowest BCUT2D eigenvalue weighted by Gasteiger charge is -2.22. The highest BCUT2D eigenvalue weighted by molar-refractivity contribution is 8.14. The maximum Gasteiger partial charge on any atom is 0.260 e. The SMILES string of the molecule is CCOc1ccccc1N=C1SCC(C)N1C(=O)c1ccccc1C. The van der Waals surface area contributed by atoms with Crippen molar-refractivity contribution in [2.45, 2.75) is 26.8 Å². The van der Waals surface area contributed by atoms with Crippen LogP contribution >= 0.6 is 11.8 Å². The average Bonchev–Trinajstić information content (AvgIpc) is 2.97. The highest BCUT2D eigenvalue weighted by Crippen LogP contribution is 2.33. The molecule has 4 nitrogen and oxygen atoms in total. The number of amidine groups is 1. The number of carbonyl (C=O) groups excluding carboxylic acids is 1. The molecule has 0 radical (unpaired) electrons. The minimum absolute atomic E-state index is 0.00300. The van der Waals surface area contributed by atoms with Crippen LogP contribution in [0.4, 0.5) is 5.69 Å². The zero-order valence-corrected chi connectivity index (χ0v) is 15.5. The minimum Gasteiger partial charge on any atom is -0.492 e. The third-order valence-electron chi connectivity index (χ3n) is 4.08. The summed E-state index contributed by atoms with van der Waals surface area (Å²) >= 11 is 1.61. The molecule has 0 N–H and O–H groups in total. The van der Waals surface area contributed by atoms with E-state index in [0.717, 1.165) is 33.5 Å². The van der Waals surface area contributed by atoms with Crippen molar-refractivity contribution in [1.82, 2.24) is 4.90 Å². The van der Waals surface area contributed by atoms with E-state index in [4.69, 9.17) is 9.73 Å². The molecule has 1 fully saturated rings. The van der Waals surface area contributed by atoms with Gasteiger partial charge < -0.3 is 4.74 Å². The number of carbonyl (C=O) groups is 1. The summed E-state index contributed by atoms with van der Waals surface area (Å²) in [5.74, 6) is 1.58. The topological polar surface area (TPSA) is 41.9 Å². The van der Waals surface area contributed by atoms with Crippen molar-refractivity contribution >= 4 is 28.5 Å². The van der Waals surface area contributed by atoms with Crippen LogP contribution in [0.3, 0.4) is 0 Å². The second-order valence-electron chi connectivity index (χ2n) is 5.95. The summed E-state index contributed by atoms with van der Waals surface area (Å²) in [6.45, 7) is 6.55. The van der Waals surface area contributed by atoms with Crippen molar-refractivity contribution in [3.63, 3.8) is 0 Å². The Morgan fingerprint density at radius 2 is 1.96 bits per heavy atom. The number of thioether (sulfide) groups is 1. The highest BCUT2D eigenvalue weighted by atomic mass is 32.2. The maximum atomic E-state index is 13.1. The fourth-order valence-corrected chi connectivity index (χ4v) is 3.88. The Balaban J connectivity index is 1.96. The van der Waals surface area contributed by atoms with E-state index >= 15 is 0 Å². The predicted molar refractivity (Wildman–Crippen MR) is 104 cm³/mol. The Labute approximate surface area is 152 Å². The number of hydrogen-bond acceptors (Lipinski definition) is 4. The summed E-state index contributed by atoms with van der Waals surface area (Å²) in [6, 6.07) is 15.5. The molecule has 5 heteroatoms. The summed E-state index contributed by atoms with van der Waals surface area (Å²) in [7, 11) is 0. The van der Waals surface area contributed by atoms with Gasteiger partial charge in [-0.2, -0.15) is 0 Å². The van der Waals surface area contributed by atoms with Crippen LogP contribution in [0.2, 0.25) is 0 Å². The van der Waals surface area contributed by atoms with Gasteiger partial charge in [0.2, 0.25) is 0 Å². The van der Waals surface area contributed by atoms with Gasteiger partial charge in [-0.25, -0.2) is 4.99 Å². The molecule has 25 heavy (non-hydrogen) atoms. The highest BCUT2D eigenvalue weighted by Gasteiger charge is 2.33. The molecular weight excluding hydrogens is 332 g/mol. The Kier molecular flexibility index (Phi) is 5.43. The fraction of sp³-hybridized carbons (Fsp3) is 0.300. The first-order valence-corrected chi connectivity index (χ1v) is 9.43. The molecule has 0 spiro atoms. The van der Waals surface area contributed by atoms with E-state index in [1.54, 1.807) is 16.7 Å². The van der Waals surface area contributed by atoms with E-state index in [1.165, 1.54) is 0 Å². The fourth-order valence-electron chi connectivity index (χ4n) is 2.77. The van der Waals surface area contributed by atoms with Crippen LogP contribution in [0, 0.1) is 6.92 Å². The average molecular weight is 354 g/mol. The zero-order valence-electron chi connectivity index (χ0n) is 14.7. The second kappa shape index (κ2) is 7.74. The Morgan fingerprint density at radius 3 is 2.72 bits per heavy atom. The lowest BCUT2D eigenvalue weighted by atomic mass is 10.1. The molecule has 1 atom stereocenters. The first-order valence-electron chi connectivity index (χ1n) is 8.44. The van der Waals surface area contributed by atoms with Crippen LogP contribution in [-0.4, -0.2) is 34.4 Å². The van der Waals surface area contributed by atoms with Gasteiger partial charge >= 0.3 is 0 Å². The van der Waals surface area contributed by atoms with E-state index in [1.807, 2.05) is 62.4 Å². The molecule has 0 bridgehead atoms. The predicted octanol–water partition coefficient (Wildman–Crippen LogP) is 4.66. The van der Waals surface area contributed by atoms with Crippen molar-refractivity contribution in [2.24, 2.45) is 4.99 Å². The third-order valence-corrected chi connectivity index (χ3v) is 5.27. The number of rotatable bonds is 4. The number of benzene rings is 2. The molecule has 1 aliphatic heterocycles. The van der Waals surface area contributed by atoms with Gasteiger partial charge in [0.15, 0.2) is 5.17 Å². The molecule has 0 aliphatic carbocycles. The normalized spacial score (nSPS) is 18.6. The monoisotopic (exact) mass is 354 g/mol. The lowest BCUT2D eigenvalue weighted by Crippen LogP contribution is -2.37. The number of hydrogen-bond donors (Lipinski definition) is 0. The molecule has 1 saturated heterocycles. The van der Waals surface area contributed by atoms with E-state index in [-0.39, 0.29) is 11.9 Å². The molecule has 0 aromatic heterocycles. The molecule has 130 valence electrons. The van der Waals surface area contributed by atoms with Crippen molar-refractivity contribution in [2.75, 3.05) is 12.4 Å². The summed E-state index contributed by atoms with van der Waals surface area (Å²) in [6.07, 6.45) is 0. The standard InChI is InChI=1S/C20H22N2O2S/c1-4-24-18-12-8-7-11-17(18)21-20-22(15(3)13-25-20)19(23)16-10-6-5-9-14(16)2/h5-12,15H,4,13H2,1-3H3. The quantitative estimate of drug-likeness (QED) is 0.802. The van der Waals surface area contributed by atoms with Gasteiger partial charge in [0.05, 0.1) is 6.61 Å². The molecule has 2 aromatic rings. The largest absolute Gasteiger partial charge is 0.492 e. The summed E-state index contributed by atoms with van der Waals surface area (Å²) in [5, 5.41) is 0.730.